The molecule has 1 heteroatoms. The van der Waals surface area contributed by atoms with Crippen molar-refractivity contribution in [2.75, 3.05) is 0 Å². The van der Waals surface area contributed by atoms with E-state index in [9.17, 15) is 4.79 Å². The van der Waals surface area contributed by atoms with Crippen LogP contribution in [0.3, 0.4) is 0 Å². The molecule has 1 fully saturated rings. The summed E-state index contributed by atoms with van der Waals surface area (Å²) in [4.78, 5) is 13.2. The molecule has 0 atom stereocenters. The number of benzene rings is 2. The summed E-state index contributed by atoms with van der Waals surface area (Å²) in [6.45, 7) is 8.51. The van der Waals surface area contributed by atoms with Crippen LogP contribution in [-0.4, -0.2) is 5.78 Å². The Morgan fingerprint density at radius 3 is 2.53 bits per heavy atom. The van der Waals surface area contributed by atoms with Crippen LogP contribution >= 0.6 is 0 Å². The standard InChI is InChI=1S/C31H32O/c1-20-8-6-9-21(2)31(20)30(32)19-26-12-7-13-29(26)28-17-25-15-14-24(16-27(25)18-28)22(3)23-10-4-5-11-23/h6,8-9,12-16,18,23H,3-5,7,10-11,17,19H2,1-2H3. The smallest absolute Gasteiger partial charge is 0.167 e. The fourth-order valence-electron chi connectivity index (χ4n) is 5.80. The number of Topliss-reactive ketones (excluding diaryl/α,β-unsaturated/α-hetero) is 1. The molecule has 162 valence electrons. The summed E-state index contributed by atoms with van der Waals surface area (Å²) < 4.78 is 0. The predicted octanol–water partition coefficient (Wildman–Crippen LogP) is 7.98. The molecular formula is C31H32O. The van der Waals surface area contributed by atoms with Gasteiger partial charge in [-0.2, -0.15) is 0 Å². The van der Waals surface area contributed by atoms with Gasteiger partial charge in [0.05, 0.1) is 0 Å². The molecule has 0 amide bonds. The van der Waals surface area contributed by atoms with Gasteiger partial charge in [0.15, 0.2) is 5.78 Å². The van der Waals surface area contributed by atoms with Crippen molar-refractivity contribution in [1.82, 2.24) is 0 Å². The molecule has 0 heterocycles. The first-order valence-corrected chi connectivity index (χ1v) is 12.0. The van der Waals surface area contributed by atoms with Crippen LogP contribution in [0.2, 0.25) is 0 Å². The number of allylic oxidation sites excluding steroid dienone is 6. The second-order valence-electron chi connectivity index (χ2n) is 9.72. The van der Waals surface area contributed by atoms with Crippen LogP contribution in [0.4, 0.5) is 0 Å². The molecule has 3 aliphatic carbocycles. The molecule has 0 unspecified atom stereocenters. The second kappa shape index (κ2) is 8.54. The van der Waals surface area contributed by atoms with Crippen molar-refractivity contribution in [2.24, 2.45) is 5.92 Å². The van der Waals surface area contributed by atoms with E-state index < -0.39 is 0 Å². The maximum Gasteiger partial charge on any atom is 0.167 e. The van der Waals surface area contributed by atoms with E-state index in [4.69, 9.17) is 0 Å². The van der Waals surface area contributed by atoms with Crippen LogP contribution in [0.1, 0.15) is 76.7 Å². The highest BCUT2D eigenvalue weighted by atomic mass is 16.1. The van der Waals surface area contributed by atoms with E-state index >= 15 is 0 Å². The highest BCUT2D eigenvalue weighted by Gasteiger charge is 2.24. The van der Waals surface area contributed by atoms with Crippen LogP contribution < -0.4 is 0 Å². The third-order valence-electron chi connectivity index (χ3n) is 7.56. The van der Waals surface area contributed by atoms with Crippen molar-refractivity contribution in [2.45, 2.75) is 58.8 Å². The lowest BCUT2D eigenvalue weighted by Gasteiger charge is -2.14. The van der Waals surface area contributed by atoms with Gasteiger partial charge < -0.3 is 0 Å². The van der Waals surface area contributed by atoms with E-state index in [0.29, 0.717) is 12.3 Å². The zero-order valence-electron chi connectivity index (χ0n) is 19.3. The molecule has 2 aromatic rings. The minimum absolute atomic E-state index is 0.228. The van der Waals surface area contributed by atoms with Crippen LogP contribution in [-0.2, 0) is 6.42 Å². The molecule has 3 aliphatic rings. The van der Waals surface area contributed by atoms with Crippen molar-refractivity contribution < 1.29 is 4.79 Å². The molecule has 32 heavy (non-hydrogen) atoms. The van der Waals surface area contributed by atoms with E-state index in [0.717, 1.165) is 29.5 Å². The van der Waals surface area contributed by atoms with Crippen LogP contribution in [0.5, 0.6) is 0 Å². The lowest BCUT2D eigenvalue weighted by atomic mass is 9.90. The van der Waals surface area contributed by atoms with Crippen molar-refractivity contribution in [3.63, 3.8) is 0 Å². The van der Waals surface area contributed by atoms with E-state index in [-0.39, 0.29) is 5.78 Å². The fourth-order valence-corrected chi connectivity index (χ4v) is 5.80. The van der Waals surface area contributed by atoms with E-state index in [1.54, 1.807) is 0 Å². The molecule has 0 N–H and O–H groups in total. The van der Waals surface area contributed by atoms with Crippen LogP contribution in [0, 0.1) is 19.8 Å². The normalized spacial score (nSPS) is 17.8. The van der Waals surface area contributed by atoms with Gasteiger partial charge >= 0.3 is 0 Å². The number of carbonyl (C=O) groups is 1. The van der Waals surface area contributed by atoms with E-state index in [1.807, 2.05) is 32.0 Å². The van der Waals surface area contributed by atoms with Gasteiger partial charge in [-0.15, -0.1) is 0 Å². The van der Waals surface area contributed by atoms with Crippen molar-refractivity contribution >= 4 is 17.4 Å². The number of hydrogen-bond acceptors (Lipinski definition) is 1. The van der Waals surface area contributed by atoms with Gasteiger partial charge in [-0.1, -0.05) is 68.0 Å². The average Bonchev–Trinajstić information content (AvgIpc) is 3.52. The largest absolute Gasteiger partial charge is 0.294 e. The zero-order valence-corrected chi connectivity index (χ0v) is 19.3. The monoisotopic (exact) mass is 420 g/mol. The fraction of sp³-hybridized carbons (Fsp3) is 0.323. The molecule has 5 rings (SSSR count). The summed E-state index contributed by atoms with van der Waals surface area (Å²) in [5.74, 6) is 0.881. The number of hydrogen-bond donors (Lipinski definition) is 0. The lowest BCUT2D eigenvalue weighted by Crippen LogP contribution is -2.07. The van der Waals surface area contributed by atoms with E-state index in [2.05, 4.69) is 43.0 Å². The number of fused-ring (bicyclic) bond motifs is 1. The highest BCUT2D eigenvalue weighted by Crippen LogP contribution is 2.40. The van der Waals surface area contributed by atoms with Gasteiger partial charge in [-0.05, 0) is 102 Å². The van der Waals surface area contributed by atoms with Gasteiger partial charge in [0.25, 0.3) is 0 Å². The molecule has 0 aliphatic heterocycles. The quantitative estimate of drug-likeness (QED) is 0.433. The van der Waals surface area contributed by atoms with Gasteiger partial charge in [-0.3, -0.25) is 4.79 Å². The molecule has 2 aromatic carbocycles. The average molecular weight is 421 g/mol. The Morgan fingerprint density at radius 2 is 1.78 bits per heavy atom. The summed E-state index contributed by atoms with van der Waals surface area (Å²) in [5.41, 5.74) is 12.2. The Labute approximate surface area is 192 Å². The Bertz CT molecular complexity index is 1170. The Balaban J connectivity index is 1.35. The molecule has 0 bridgehead atoms. The molecule has 0 aromatic heterocycles. The molecule has 1 saturated carbocycles. The summed E-state index contributed by atoms with van der Waals surface area (Å²) in [6.07, 6.45) is 14.5. The zero-order chi connectivity index (χ0) is 22.2. The third-order valence-corrected chi connectivity index (χ3v) is 7.56. The Morgan fingerprint density at radius 1 is 1.03 bits per heavy atom. The minimum atomic E-state index is 0.228. The summed E-state index contributed by atoms with van der Waals surface area (Å²) in [5, 5.41) is 0. The Hall–Kier alpha value is -2.93. The molecule has 1 nitrogen and oxygen atoms in total. The van der Waals surface area contributed by atoms with Gasteiger partial charge in [0.1, 0.15) is 0 Å². The first-order chi connectivity index (χ1) is 15.5. The number of ketones is 1. The lowest BCUT2D eigenvalue weighted by molar-refractivity contribution is 0.0992. The predicted molar refractivity (Wildman–Crippen MR) is 135 cm³/mol. The Kier molecular flexibility index (Phi) is 5.59. The van der Waals surface area contributed by atoms with Crippen LogP contribution in [0.25, 0.3) is 11.6 Å². The van der Waals surface area contributed by atoms with Crippen molar-refractivity contribution in [1.29, 1.82) is 0 Å². The molecule has 0 radical (unpaired) electrons. The minimum Gasteiger partial charge on any atom is -0.294 e. The van der Waals surface area contributed by atoms with Crippen LogP contribution in [0.15, 0.2) is 71.8 Å². The maximum absolute atomic E-state index is 13.2. The molecular weight excluding hydrogens is 388 g/mol. The summed E-state index contributed by atoms with van der Waals surface area (Å²) in [7, 11) is 0. The maximum atomic E-state index is 13.2. The first-order valence-electron chi connectivity index (χ1n) is 12.0. The highest BCUT2D eigenvalue weighted by molar-refractivity contribution is 6.01. The molecule has 0 saturated heterocycles. The topological polar surface area (TPSA) is 17.1 Å². The van der Waals surface area contributed by atoms with E-state index in [1.165, 1.54) is 64.7 Å². The van der Waals surface area contributed by atoms with Gasteiger partial charge in [0, 0.05) is 12.0 Å². The second-order valence-corrected chi connectivity index (χ2v) is 9.72. The first kappa shape index (κ1) is 20.9. The summed E-state index contributed by atoms with van der Waals surface area (Å²) >= 11 is 0. The molecule has 0 spiro atoms. The number of aryl methyl sites for hydroxylation is 2. The number of carbonyl (C=O) groups excluding carboxylic acids is 1. The van der Waals surface area contributed by atoms with Gasteiger partial charge in [0.2, 0.25) is 0 Å². The third kappa shape index (κ3) is 3.86. The van der Waals surface area contributed by atoms with Crippen molar-refractivity contribution in [3.05, 3.63) is 105 Å². The SMILES string of the molecule is C=C(c1ccc2c(c1)C=C(C1=CCC=C1CC(=O)c1c(C)cccc1C)C2)C1CCCC1. The number of rotatable bonds is 6. The summed E-state index contributed by atoms with van der Waals surface area (Å²) in [6, 6.07) is 13.0. The van der Waals surface area contributed by atoms with Gasteiger partial charge in [-0.25, -0.2) is 0 Å². The van der Waals surface area contributed by atoms with Crippen molar-refractivity contribution in [3.8, 4) is 0 Å².